The van der Waals surface area contributed by atoms with Crippen molar-refractivity contribution in [1.29, 1.82) is 0 Å². The lowest BCUT2D eigenvalue weighted by atomic mass is 10.3. The molecule has 0 atom stereocenters. The van der Waals surface area contributed by atoms with Crippen LogP contribution in [0.5, 0.6) is 11.5 Å². The van der Waals surface area contributed by atoms with E-state index >= 15 is 0 Å². The number of anilines is 1. The molecule has 52 valence electrons. The van der Waals surface area contributed by atoms with Gasteiger partial charge >= 0.3 is 0 Å². The van der Waals surface area contributed by atoms with Crippen LogP contribution in [-0.2, 0) is 5.04 Å². The van der Waals surface area contributed by atoms with Gasteiger partial charge in [0, 0.05) is 16.8 Å². The Morgan fingerprint density at radius 3 is 2.80 bits per heavy atom. The van der Waals surface area contributed by atoms with Crippen molar-refractivity contribution in [1.82, 2.24) is 0 Å². The second-order valence-corrected chi connectivity index (χ2v) is 1.94. The van der Waals surface area contributed by atoms with Gasteiger partial charge in [0.15, 0.2) is 0 Å². The molecule has 1 aliphatic heterocycles. The predicted molar refractivity (Wildman–Crippen MR) is 33.2 cm³/mol. The lowest BCUT2D eigenvalue weighted by Crippen LogP contribution is -1.88. The highest BCUT2D eigenvalue weighted by atomic mass is 17.5. The number of fused-ring (bicyclic) bond motifs is 1. The molecule has 0 aromatic heterocycles. The maximum atomic E-state index is 5.44. The average Bonchev–Trinajstić information content (AvgIpc) is 2.33. The molecule has 0 saturated heterocycles. The van der Waals surface area contributed by atoms with Gasteiger partial charge in [0.25, 0.3) is 0 Å². The minimum absolute atomic E-state index is 0.514. The fraction of sp³-hybridized carbons (Fsp3) is 0. The normalized spacial score (nSPS) is 13.6. The van der Waals surface area contributed by atoms with Crippen LogP contribution in [-0.4, -0.2) is 0 Å². The third-order valence-electron chi connectivity index (χ3n) is 1.22. The molecule has 4 heteroatoms. The fourth-order valence-electron chi connectivity index (χ4n) is 0.749. The van der Waals surface area contributed by atoms with Crippen LogP contribution in [0, 0.1) is 0 Å². The fourth-order valence-corrected chi connectivity index (χ4v) is 0.749. The van der Waals surface area contributed by atoms with Crippen molar-refractivity contribution in [2.24, 2.45) is 0 Å². The molecule has 2 rings (SSSR count). The summed E-state index contributed by atoms with van der Waals surface area (Å²) >= 11 is 0. The highest BCUT2D eigenvalue weighted by Gasteiger charge is 2.15. The number of nitrogens with two attached hydrogens (primary N) is 1. The quantitative estimate of drug-likeness (QED) is 0.428. The molecule has 1 aliphatic rings. The molecule has 0 bridgehead atoms. The van der Waals surface area contributed by atoms with Crippen LogP contribution in [0.25, 0.3) is 0 Å². The van der Waals surface area contributed by atoms with E-state index in [9.17, 15) is 0 Å². The highest BCUT2D eigenvalue weighted by Crippen LogP contribution is 2.33. The van der Waals surface area contributed by atoms with E-state index in [0.29, 0.717) is 17.2 Å². The van der Waals surface area contributed by atoms with E-state index in [1.807, 2.05) is 0 Å². The molecule has 0 fully saturated rings. The summed E-state index contributed by atoms with van der Waals surface area (Å²) in [6.07, 6.45) is 0. The number of benzene rings is 1. The zero-order valence-electron chi connectivity index (χ0n) is 5.03. The molecular formula is C6H5NO3. The van der Waals surface area contributed by atoms with Crippen LogP contribution in [0.1, 0.15) is 0 Å². The van der Waals surface area contributed by atoms with Gasteiger partial charge in [0.2, 0.25) is 11.5 Å². The van der Waals surface area contributed by atoms with Crippen LogP contribution < -0.4 is 15.5 Å². The van der Waals surface area contributed by atoms with Crippen LogP contribution in [0.15, 0.2) is 18.2 Å². The number of hydrogen-bond acceptors (Lipinski definition) is 4. The summed E-state index contributed by atoms with van der Waals surface area (Å²) in [5.41, 5.74) is 6.06. The molecule has 1 heterocycles. The summed E-state index contributed by atoms with van der Waals surface area (Å²) in [4.78, 5) is 9.15. The smallest absolute Gasteiger partial charge is 0.217 e. The van der Waals surface area contributed by atoms with Gasteiger partial charge in [-0.3, -0.25) is 9.78 Å². The molecular weight excluding hydrogens is 134 g/mol. The van der Waals surface area contributed by atoms with Crippen molar-refractivity contribution in [2.75, 3.05) is 5.73 Å². The van der Waals surface area contributed by atoms with Gasteiger partial charge in [0.05, 0.1) is 0 Å². The molecule has 4 nitrogen and oxygen atoms in total. The summed E-state index contributed by atoms with van der Waals surface area (Å²) in [5.74, 6) is 1.06. The van der Waals surface area contributed by atoms with E-state index in [1.165, 1.54) is 0 Å². The summed E-state index contributed by atoms with van der Waals surface area (Å²) < 4.78 is 0. The molecule has 1 aromatic carbocycles. The van der Waals surface area contributed by atoms with Crippen molar-refractivity contribution in [3.05, 3.63) is 18.2 Å². The van der Waals surface area contributed by atoms with E-state index in [-0.39, 0.29) is 0 Å². The lowest BCUT2D eigenvalue weighted by Gasteiger charge is -1.90. The van der Waals surface area contributed by atoms with Crippen molar-refractivity contribution >= 4 is 5.69 Å². The lowest BCUT2D eigenvalue weighted by molar-refractivity contribution is -0.384. The van der Waals surface area contributed by atoms with E-state index in [4.69, 9.17) is 5.73 Å². The Kier molecular flexibility index (Phi) is 0.956. The second-order valence-electron chi connectivity index (χ2n) is 1.94. The molecule has 0 unspecified atom stereocenters. The predicted octanol–water partition coefficient (Wildman–Crippen LogP) is 0.887. The van der Waals surface area contributed by atoms with Crippen molar-refractivity contribution in [3.8, 4) is 11.5 Å². The first-order valence-corrected chi connectivity index (χ1v) is 2.77. The first kappa shape index (κ1) is 5.37. The topological polar surface area (TPSA) is 53.7 Å². The van der Waals surface area contributed by atoms with Crippen LogP contribution in [0.2, 0.25) is 0 Å². The Morgan fingerprint density at radius 1 is 1.10 bits per heavy atom. The third-order valence-corrected chi connectivity index (χ3v) is 1.22. The Bertz CT molecular complexity index is 261. The molecule has 0 saturated carbocycles. The maximum Gasteiger partial charge on any atom is 0.217 e. The van der Waals surface area contributed by atoms with Gasteiger partial charge < -0.3 is 5.73 Å². The van der Waals surface area contributed by atoms with E-state index < -0.39 is 0 Å². The Balaban J connectivity index is 2.52. The zero-order chi connectivity index (χ0) is 6.97. The minimum Gasteiger partial charge on any atom is -0.399 e. The van der Waals surface area contributed by atoms with Gasteiger partial charge in [-0.2, -0.15) is 0 Å². The largest absolute Gasteiger partial charge is 0.399 e. The Labute approximate surface area is 57.0 Å². The summed E-state index contributed by atoms with van der Waals surface area (Å²) in [5, 5.41) is 4.21. The molecule has 1 aromatic rings. The average molecular weight is 139 g/mol. The van der Waals surface area contributed by atoms with Gasteiger partial charge in [0.1, 0.15) is 0 Å². The van der Waals surface area contributed by atoms with Gasteiger partial charge in [-0.15, -0.1) is 0 Å². The van der Waals surface area contributed by atoms with Crippen molar-refractivity contribution in [2.45, 2.75) is 0 Å². The van der Waals surface area contributed by atoms with Crippen LogP contribution >= 0.6 is 0 Å². The Morgan fingerprint density at radius 2 is 1.90 bits per heavy atom. The summed E-state index contributed by atoms with van der Waals surface area (Å²) in [6, 6.07) is 5.01. The SMILES string of the molecule is Nc1ccc2c(c1)OOO2. The molecule has 0 radical (unpaired) electrons. The summed E-state index contributed by atoms with van der Waals surface area (Å²) in [6.45, 7) is 0. The molecule has 0 spiro atoms. The van der Waals surface area contributed by atoms with Crippen LogP contribution in [0.4, 0.5) is 5.69 Å². The van der Waals surface area contributed by atoms with Gasteiger partial charge in [-0.1, -0.05) is 0 Å². The third kappa shape index (κ3) is 0.663. The molecule has 10 heavy (non-hydrogen) atoms. The maximum absolute atomic E-state index is 5.44. The first-order valence-electron chi connectivity index (χ1n) is 2.77. The van der Waals surface area contributed by atoms with E-state index in [1.54, 1.807) is 18.2 Å². The first-order chi connectivity index (χ1) is 4.86. The van der Waals surface area contributed by atoms with Gasteiger partial charge in [-0.25, -0.2) is 0 Å². The van der Waals surface area contributed by atoms with E-state index in [2.05, 4.69) is 14.8 Å². The van der Waals surface area contributed by atoms with Crippen molar-refractivity contribution in [3.63, 3.8) is 0 Å². The second kappa shape index (κ2) is 1.78. The Hall–Kier alpha value is -1.42. The van der Waals surface area contributed by atoms with E-state index in [0.717, 1.165) is 0 Å². The number of rotatable bonds is 0. The molecule has 0 amide bonds. The van der Waals surface area contributed by atoms with Gasteiger partial charge in [-0.05, 0) is 12.1 Å². The minimum atomic E-state index is 0.514. The molecule has 2 N–H and O–H groups in total. The zero-order valence-corrected chi connectivity index (χ0v) is 5.03. The summed E-state index contributed by atoms with van der Waals surface area (Å²) in [7, 11) is 0. The highest BCUT2D eigenvalue weighted by molar-refractivity contribution is 5.51. The standard InChI is InChI=1S/C6H5NO3/c7-4-1-2-5-6(3-4)9-10-8-5/h1-3H,7H2. The number of nitrogen functional groups attached to an aromatic ring is 1. The number of hydrogen-bond donors (Lipinski definition) is 1. The monoisotopic (exact) mass is 139 g/mol. The van der Waals surface area contributed by atoms with Crippen LogP contribution in [0.3, 0.4) is 0 Å². The van der Waals surface area contributed by atoms with Crippen molar-refractivity contribution < 1.29 is 14.8 Å². The molecule has 0 aliphatic carbocycles.